The van der Waals surface area contributed by atoms with Gasteiger partial charge in [-0.25, -0.2) is 4.79 Å². The van der Waals surface area contributed by atoms with Crippen molar-refractivity contribution in [3.8, 4) is 0 Å². The Labute approximate surface area is 94.3 Å². The van der Waals surface area contributed by atoms with E-state index in [9.17, 15) is 4.79 Å². The second-order valence-corrected chi connectivity index (χ2v) is 4.57. The highest BCUT2D eigenvalue weighted by Gasteiger charge is 2.16. The molecule has 1 heterocycles. The summed E-state index contributed by atoms with van der Waals surface area (Å²) in [6.45, 7) is 6.03. The van der Waals surface area contributed by atoms with Crippen LogP contribution in [0.4, 0.5) is 4.79 Å². The van der Waals surface area contributed by atoms with Gasteiger partial charge in [-0.2, -0.15) is 0 Å². The van der Waals surface area contributed by atoms with Gasteiger partial charge in [0.25, 0.3) is 0 Å². The average Bonchev–Trinajstić information content (AvgIpc) is 1.99. The molecule has 0 aromatic rings. The number of alkyl carbamates (subject to hydrolysis) is 1. The number of ether oxygens (including phenoxy) is 1. The molecule has 0 aliphatic carbocycles. The van der Waals surface area contributed by atoms with Crippen LogP contribution < -0.4 is 10.6 Å². The fraction of sp³-hybridized carbons (Fsp3) is 0.500. The molecule has 0 radical (unpaired) electrons. The minimum atomic E-state index is -0.495. The number of hydrogen-bond donors (Lipinski definition) is 2. The zero-order valence-corrected chi connectivity index (χ0v) is 9.81. The Kier molecular flexibility index (Phi) is 3.63. The Hall–Kier alpha value is -1.16. The number of carbonyl (C=O) groups excluding carboxylic acids is 1. The van der Waals surface area contributed by atoms with E-state index >= 15 is 0 Å². The highest BCUT2D eigenvalue weighted by Crippen LogP contribution is 2.10. The van der Waals surface area contributed by atoms with Crippen molar-refractivity contribution in [2.24, 2.45) is 0 Å². The summed E-state index contributed by atoms with van der Waals surface area (Å²) in [6.07, 6.45) is 2.97. The van der Waals surface area contributed by atoms with Crippen molar-refractivity contribution in [2.45, 2.75) is 26.4 Å². The predicted molar refractivity (Wildman–Crippen MR) is 59.4 cm³/mol. The third-order valence-corrected chi connectivity index (χ3v) is 1.76. The summed E-state index contributed by atoms with van der Waals surface area (Å²) in [4.78, 5) is 11.4. The predicted octanol–water partition coefficient (Wildman–Crippen LogP) is 2.08. The van der Waals surface area contributed by atoms with E-state index < -0.39 is 11.7 Å². The van der Waals surface area contributed by atoms with Gasteiger partial charge in [0.15, 0.2) is 0 Å². The summed E-state index contributed by atoms with van der Waals surface area (Å²) >= 11 is 5.74. The van der Waals surface area contributed by atoms with E-state index in [1.54, 1.807) is 6.08 Å². The number of dihydropyridines is 1. The molecule has 0 aromatic heterocycles. The van der Waals surface area contributed by atoms with Crippen molar-refractivity contribution in [2.75, 3.05) is 6.54 Å². The lowest BCUT2D eigenvalue weighted by molar-refractivity contribution is 0.0547. The first-order valence-corrected chi connectivity index (χ1v) is 5.06. The summed E-state index contributed by atoms with van der Waals surface area (Å²) < 4.78 is 5.09. The van der Waals surface area contributed by atoms with Crippen molar-refractivity contribution in [3.05, 3.63) is 23.0 Å². The van der Waals surface area contributed by atoms with Crippen LogP contribution in [0.2, 0.25) is 0 Å². The van der Waals surface area contributed by atoms with Crippen LogP contribution in [-0.2, 0) is 4.74 Å². The molecule has 0 unspecified atom stereocenters. The quantitative estimate of drug-likeness (QED) is 0.678. The second kappa shape index (κ2) is 4.57. The van der Waals surface area contributed by atoms with Gasteiger partial charge in [-0.3, -0.25) is 5.32 Å². The average molecular weight is 231 g/mol. The van der Waals surface area contributed by atoms with Gasteiger partial charge >= 0.3 is 6.09 Å². The number of nitrogens with one attached hydrogen (secondary N) is 2. The molecule has 1 aliphatic rings. The first kappa shape index (κ1) is 11.9. The largest absolute Gasteiger partial charge is 0.444 e. The van der Waals surface area contributed by atoms with Gasteiger partial charge in [-0.15, -0.1) is 0 Å². The molecule has 15 heavy (non-hydrogen) atoms. The van der Waals surface area contributed by atoms with Gasteiger partial charge in [0, 0.05) is 12.2 Å². The Morgan fingerprint density at radius 2 is 2.27 bits per heavy atom. The van der Waals surface area contributed by atoms with Crippen molar-refractivity contribution in [3.63, 3.8) is 0 Å². The zero-order valence-electron chi connectivity index (χ0n) is 9.06. The van der Waals surface area contributed by atoms with Crippen molar-refractivity contribution in [1.29, 1.82) is 0 Å². The maximum atomic E-state index is 11.4. The zero-order chi connectivity index (χ0) is 11.5. The lowest BCUT2D eigenvalue weighted by Gasteiger charge is -2.20. The van der Waals surface area contributed by atoms with E-state index in [1.807, 2.05) is 26.8 Å². The molecular formula is C10H15ClN2O2. The highest BCUT2D eigenvalue weighted by molar-refractivity contribution is 6.29. The van der Waals surface area contributed by atoms with Gasteiger partial charge in [-0.05, 0) is 32.9 Å². The smallest absolute Gasteiger partial charge is 0.412 e. The van der Waals surface area contributed by atoms with Crippen LogP contribution in [0.3, 0.4) is 0 Å². The fourth-order valence-electron chi connectivity index (χ4n) is 1.01. The molecule has 5 heteroatoms. The van der Waals surface area contributed by atoms with Gasteiger partial charge in [-0.1, -0.05) is 11.6 Å². The second-order valence-electron chi connectivity index (χ2n) is 4.16. The first-order chi connectivity index (χ1) is 6.87. The Bertz CT molecular complexity index is 316. The van der Waals surface area contributed by atoms with Gasteiger partial charge in [0.2, 0.25) is 0 Å². The van der Waals surface area contributed by atoms with Crippen LogP contribution in [0, 0.1) is 0 Å². The molecule has 0 bridgehead atoms. The summed E-state index contributed by atoms with van der Waals surface area (Å²) in [5, 5.41) is 6.00. The van der Waals surface area contributed by atoms with E-state index in [2.05, 4.69) is 10.6 Å². The van der Waals surface area contributed by atoms with E-state index in [0.717, 1.165) is 0 Å². The van der Waals surface area contributed by atoms with Crippen LogP contribution >= 0.6 is 11.6 Å². The van der Waals surface area contributed by atoms with Crippen molar-refractivity contribution >= 4 is 17.7 Å². The number of amides is 1. The molecule has 1 amide bonds. The molecule has 1 rings (SSSR count). The monoisotopic (exact) mass is 230 g/mol. The summed E-state index contributed by atoms with van der Waals surface area (Å²) in [5.74, 6) is 0. The first-order valence-electron chi connectivity index (χ1n) is 4.68. The van der Waals surface area contributed by atoms with Crippen LogP contribution in [0.5, 0.6) is 0 Å². The maximum Gasteiger partial charge on any atom is 0.412 e. The van der Waals surface area contributed by atoms with Gasteiger partial charge < -0.3 is 10.1 Å². The third-order valence-electron chi connectivity index (χ3n) is 1.52. The van der Waals surface area contributed by atoms with E-state index in [4.69, 9.17) is 16.3 Å². The Balaban J connectivity index is 2.49. The maximum absolute atomic E-state index is 11.4. The standard InChI is InChI=1S/C10H15ClN2O2/c1-10(2,3)15-9(14)13-7-4-5-12-8(11)6-7/h4,6,12H,5H2,1-3H3,(H,13,14). The Morgan fingerprint density at radius 1 is 1.60 bits per heavy atom. The Morgan fingerprint density at radius 3 is 2.80 bits per heavy atom. The molecular weight excluding hydrogens is 216 g/mol. The molecule has 0 fully saturated rings. The van der Waals surface area contributed by atoms with Gasteiger partial charge in [0.05, 0.1) is 0 Å². The normalized spacial score (nSPS) is 16.0. The number of allylic oxidation sites excluding steroid dienone is 1. The minimum absolute atomic E-state index is 0.476. The van der Waals surface area contributed by atoms with E-state index in [-0.39, 0.29) is 0 Å². The fourth-order valence-corrected chi connectivity index (χ4v) is 1.21. The third kappa shape index (κ3) is 4.74. The minimum Gasteiger partial charge on any atom is -0.444 e. The summed E-state index contributed by atoms with van der Waals surface area (Å²) in [5.41, 5.74) is 0.151. The SMILES string of the molecule is CC(C)(C)OC(=O)NC1=CCNC(Cl)=C1. The molecule has 0 saturated carbocycles. The van der Waals surface area contributed by atoms with Crippen molar-refractivity contribution in [1.82, 2.24) is 10.6 Å². The van der Waals surface area contributed by atoms with Crippen LogP contribution in [0.1, 0.15) is 20.8 Å². The number of hydrogen-bond acceptors (Lipinski definition) is 3. The topological polar surface area (TPSA) is 50.4 Å². The molecule has 1 aliphatic heterocycles. The molecule has 0 aromatic carbocycles. The molecule has 0 saturated heterocycles. The highest BCUT2D eigenvalue weighted by atomic mass is 35.5. The van der Waals surface area contributed by atoms with Crippen LogP contribution in [0.15, 0.2) is 23.0 Å². The summed E-state index contributed by atoms with van der Waals surface area (Å²) in [6, 6.07) is 0. The molecule has 0 spiro atoms. The van der Waals surface area contributed by atoms with Crippen LogP contribution in [0.25, 0.3) is 0 Å². The lowest BCUT2D eigenvalue weighted by atomic mass is 10.2. The molecule has 2 N–H and O–H groups in total. The number of rotatable bonds is 1. The molecule has 0 atom stereocenters. The van der Waals surface area contributed by atoms with Crippen LogP contribution in [-0.4, -0.2) is 18.2 Å². The molecule has 84 valence electrons. The van der Waals surface area contributed by atoms with E-state index in [1.165, 1.54) is 0 Å². The lowest BCUT2D eigenvalue weighted by Crippen LogP contribution is -2.33. The van der Waals surface area contributed by atoms with Crippen molar-refractivity contribution < 1.29 is 9.53 Å². The summed E-state index contributed by atoms with van der Waals surface area (Å²) in [7, 11) is 0. The number of carbonyl (C=O) groups is 1. The van der Waals surface area contributed by atoms with Gasteiger partial charge in [0.1, 0.15) is 10.8 Å². The van der Waals surface area contributed by atoms with E-state index in [0.29, 0.717) is 17.4 Å². The molecule has 4 nitrogen and oxygen atoms in total. The number of halogens is 1.